The van der Waals surface area contributed by atoms with Crippen molar-refractivity contribution in [2.24, 2.45) is 11.3 Å². The summed E-state index contributed by atoms with van der Waals surface area (Å²) in [5.41, 5.74) is 1.97. The molecule has 1 heterocycles. The van der Waals surface area contributed by atoms with Crippen LogP contribution < -0.4 is 5.32 Å². The molecule has 6 heteroatoms. The van der Waals surface area contributed by atoms with E-state index in [1.54, 1.807) is 12.1 Å². The van der Waals surface area contributed by atoms with Crippen LogP contribution in [0.3, 0.4) is 0 Å². The third kappa shape index (κ3) is 5.10. The lowest BCUT2D eigenvalue weighted by molar-refractivity contribution is -0.127. The van der Waals surface area contributed by atoms with Crippen LogP contribution in [-0.2, 0) is 14.8 Å². The molecule has 0 aromatic heterocycles. The molecule has 1 amide bonds. The number of hydrogen-bond donors (Lipinski definition) is 1. The molecule has 1 fully saturated rings. The Morgan fingerprint density at radius 2 is 1.57 bits per heavy atom. The molecule has 1 atom stereocenters. The van der Waals surface area contributed by atoms with Gasteiger partial charge in [-0.15, -0.1) is 0 Å². The van der Waals surface area contributed by atoms with Crippen molar-refractivity contribution in [3.8, 4) is 0 Å². The Bertz CT molecular complexity index is 956. The fraction of sp³-hybridized carbons (Fsp3) is 0.458. The van der Waals surface area contributed by atoms with Gasteiger partial charge in [0, 0.05) is 19.0 Å². The molecule has 0 spiro atoms. The van der Waals surface area contributed by atoms with Gasteiger partial charge in [-0.1, -0.05) is 68.8 Å². The van der Waals surface area contributed by atoms with Crippen molar-refractivity contribution in [1.82, 2.24) is 9.62 Å². The molecule has 2 aromatic carbocycles. The van der Waals surface area contributed by atoms with Gasteiger partial charge in [-0.2, -0.15) is 4.31 Å². The maximum atomic E-state index is 13.0. The van der Waals surface area contributed by atoms with E-state index in [-0.39, 0.29) is 23.3 Å². The first-order valence-corrected chi connectivity index (χ1v) is 11.9. The molecule has 1 N–H and O–H groups in total. The Morgan fingerprint density at radius 1 is 1.00 bits per heavy atom. The monoisotopic (exact) mass is 428 g/mol. The van der Waals surface area contributed by atoms with E-state index in [4.69, 9.17) is 0 Å². The third-order valence-electron chi connectivity index (χ3n) is 5.77. The summed E-state index contributed by atoms with van der Waals surface area (Å²) in [6.07, 6.45) is 1.06. The SMILES string of the molecule is Cc1ccc(S(=O)(=O)N2CCC(C(=O)NC(c3ccccc3)C(C)(C)C)CC2)cc1. The maximum absolute atomic E-state index is 13.0. The molecular weight excluding hydrogens is 396 g/mol. The van der Waals surface area contributed by atoms with Gasteiger partial charge in [0.25, 0.3) is 0 Å². The standard InChI is InChI=1S/C24H32N2O3S/c1-18-10-12-21(13-11-18)30(28,29)26-16-14-20(15-17-26)23(27)25-22(24(2,3)4)19-8-6-5-7-9-19/h5-13,20,22H,14-17H2,1-4H3,(H,25,27). The smallest absolute Gasteiger partial charge is 0.243 e. The minimum atomic E-state index is -3.52. The molecule has 2 aromatic rings. The van der Waals surface area contributed by atoms with Crippen LogP contribution in [0.15, 0.2) is 59.5 Å². The molecule has 1 aliphatic heterocycles. The van der Waals surface area contributed by atoms with Crippen LogP contribution in [0.5, 0.6) is 0 Å². The summed E-state index contributed by atoms with van der Waals surface area (Å²) in [6.45, 7) is 8.99. The predicted molar refractivity (Wildman–Crippen MR) is 119 cm³/mol. The number of carbonyl (C=O) groups excluding carboxylic acids is 1. The summed E-state index contributed by atoms with van der Waals surface area (Å²) in [7, 11) is -3.52. The van der Waals surface area contributed by atoms with Crippen molar-refractivity contribution in [3.63, 3.8) is 0 Å². The summed E-state index contributed by atoms with van der Waals surface area (Å²) in [6, 6.07) is 16.8. The first-order chi connectivity index (χ1) is 14.1. The highest BCUT2D eigenvalue weighted by molar-refractivity contribution is 7.89. The minimum absolute atomic E-state index is 0.00571. The average molecular weight is 429 g/mol. The molecule has 5 nitrogen and oxygen atoms in total. The molecule has 0 radical (unpaired) electrons. The molecule has 30 heavy (non-hydrogen) atoms. The van der Waals surface area contributed by atoms with Gasteiger partial charge in [0.05, 0.1) is 10.9 Å². The van der Waals surface area contributed by atoms with Crippen molar-refractivity contribution in [2.45, 2.75) is 51.5 Å². The second kappa shape index (κ2) is 8.90. The number of nitrogens with zero attached hydrogens (tertiary/aromatic N) is 1. The van der Waals surface area contributed by atoms with Gasteiger partial charge in [-0.25, -0.2) is 8.42 Å². The van der Waals surface area contributed by atoms with E-state index >= 15 is 0 Å². The molecular formula is C24H32N2O3S. The number of benzene rings is 2. The molecule has 1 unspecified atom stereocenters. The second-order valence-electron chi connectivity index (χ2n) is 9.21. The fourth-order valence-corrected chi connectivity index (χ4v) is 5.39. The normalized spacial score (nSPS) is 17.5. The van der Waals surface area contributed by atoms with E-state index in [0.717, 1.165) is 11.1 Å². The average Bonchev–Trinajstić information content (AvgIpc) is 2.72. The van der Waals surface area contributed by atoms with Crippen LogP contribution in [0.25, 0.3) is 0 Å². The fourth-order valence-electron chi connectivity index (χ4n) is 3.92. The van der Waals surface area contributed by atoms with Gasteiger partial charge in [-0.05, 0) is 42.9 Å². The number of piperidine rings is 1. The molecule has 1 saturated heterocycles. The van der Waals surface area contributed by atoms with E-state index in [0.29, 0.717) is 30.8 Å². The number of amides is 1. The summed E-state index contributed by atoms with van der Waals surface area (Å²) in [5.74, 6) is -0.172. The topological polar surface area (TPSA) is 66.5 Å². The van der Waals surface area contributed by atoms with Crippen LogP contribution in [0.1, 0.15) is 50.8 Å². The van der Waals surface area contributed by atoms with E-state index < -0.39 is 10.0 Å². The van der Waals surface area contributed by atoms with Crippen molar-refractivity contribution in [3.05, 3.63) is 65.7 Å². The van der Waals surface area contributed by atoms with Crippen molar-refractivity contribution >= 4 is 15.9 Å². The highest BCUT2D eigenvalue weighted by atomic mass is 32.2. The van der Waals surface area contributed by atoms with Crippen LogP contribution in [0.4, 0.5) is 0 Å². The maximum Gasteiger partial charge on any atom is 0.243 e. The molecule has 1 aliphatic rings. The van der Waals surface area contributed by atoms with Gasteiger partial charge in [0.2, 0.25) is 15.9 Å². The zero-order valence-corrected chi connectivity index (χ0v) is 19.1. The number of aryl methyl sites for hydroxylation is 1. The van der Waals surface area contributed by atoms with E-state index in [2.05, 4.69) is 26.1 Å². The number of rotatable bonds is 5. The van der Waals surface area contributed by atoms with Gasteiger partial charge < -0.3 is 5.32 Å². The van der Waals surface area contributed by atoms with E-state index in [1.807, 2.05) is 49.4 Å². The lowest BCUT2D eigenvalue weighted by atomic mass is 9.81. The number of sulfonamides is 1. The number of nitrogens with one attached hydrogen (secondary N) is 1. The second-order valence-corrected chi connectivity index (χ2v) is 11.1. The Kier molecular flexibility index (Phi) is 6.68. The molecule has 0 bridgehead atoms. The van der Waals surface area contributed by atoms with Crippen molar-refractivity contribution in [2.75, 3.05) is 13.1 Å². The molecule has 162 valence electrons. The number of carbonyl (C=O) groups is 1. The Labute approximate surface area is 180 Å². The van der Waals surface area contributed by atoms with E-state index in [9.17, 15) is 13.2 Å². The van der Waals surface area contributed by atoms with Crippen LogP contribution in [-0.4, -0.2) is 31.7 Å². The predicted octanol–water partition coefficient (Wildman–Crippen LogP) is 4.30. The largest absolute Gasteiger partial charge is 0.349 e. The quantitative estimate of drug-likeness (QED) is 0.772. The summed E-state index contributed by atoms with van der Waals surface area (Å²) < 4.78 is 27.3. The zero-order valence-electron chi connectivity index (χ0n) is 18.3. The molecule has 3 rings (SSSR count). The number of hydrogen-bond acceptors (Lipinski definition) is 3. The van der Waals surface area contributed by atoms with Gasteiger partial charge in [0.1, 0.15) is 0 Å². The van der Waals surface area contributed by atoms with E-state index in [1.165, 1.54) is 4.31 Å². The highest BCUT2D eigenvalue weighted by Gasteiger charge is 2.34. The first kappa shape index (κ1) is 22.5. The Hall–Kier alpha value is -2.18. The first-order valence-electron chi connectivity index (χ1n) is 10.5. The zero-order chi connectivity index (χ0) is 21.9. The van der Waals surface area contributed by atoms with Gasteiger partial charge in [-0.3, -0.25) is 4.79 Å². The Morgan fingerprint density at radius 3 is 2.10 bits per heavy atom. The van der Waals surface area contributed by atoms with Crippen LogP contribution in [0.2, 0.25) is 0 Å². The van der Waals surface area contributed by atoms with Crippen LogP contribution >= 0.6 is 0 Å². The minimum Gasteiger partial charge on any atom is -0.349 e. The Balaban J connectivity index is 1.65. The summed E-state index contributed by atoms with van der Waals surface area (Å²) >= 11 is 0. The van der Waals surface area contributed by atoms with Crippen molar-refractivity contribution in [1.29, 1.82) is 0 Å². The van der Waals surface area contributed by atoms with Crippen molar-refractivity contribution < 1.29 is 13.2 Å². The molecule has 0 aliphatic carbocycles. The summed E-state index contributed by atoms with van der Waals surface area (Å²) in [5, 5.41) is 3.23. The third-order valence-corrected chi connectivity index (χ3v) is 7.68. The van der Waals surface area contributed by atoms with Crippen LogP contribution in [0, 0.1) is 18.3 Å². The summed E-state index contributed by atoms with van der Waals surface area (Å²) in [4.78, 5) is 13.3. The molecule has 0 saturated carbocycles. The van der Waals surface area contributed by atoms with Gasteiger partial charge in [0.15, 0.2) is 0 Å². The van der Waals surface area contributed by atoms with Gasteiger partial charge >= 0.3 is 0 Å². The lowest BCUT2D eigenvalue weighted by Crippen LogP contribution is -2.45. The highest BCUT2D eigenvalue weighted by Crippen LogP contribution is 2.33. The lowest BCUT2D eigenvalue weighted by Gasteiger charge is -2.35.